The minimum atomic E-state index is 0.349. The summed E-state index contributed by atoms with van der Waals surface area (Å²) in [5, 5.41) is 13.4. The van der Waals surface area contributed by atoms with Crippen molar-refractivity contribution in [3.63, 3.8) is 0 Å². The van der Waals surface area contributed by atoms with Crippen LogP contribution < -0.4 is 0 Å². The number of phenolic OH excluding ortho intramolecular Hbond substituents is 1. The molecule has 1 rings (SSSR count). The number of benzene rings is 1. The molecule has 3 heteroatoms. The maximum Gasteiger partial charge on any atom is 0.121 e. The highest BCUT2D eigenvalue weighted by molar-refractivity contribution is 5.80. The number of phenols is 1. The van der Waals surface area contributed by atoms with Crippen LogP contribution in [0.25, 0.3) is 0 Å². The fourth-order valence-corrected chi connectivity index (χ4v) is 1.31. The summed E-state index contributed by atoms with van der Waals surface area (Å²) < 4.78 is 0. The molecule has 0 radical (unpaired) electrons. The number of rotatable bonds is 4. The Morgan fingerprint density at radius 2 is 1.93 bits per heavy atom. The minimum absolute atomic E-state index is 0.349. The summed E-state index contributed by atoms with van der Waals surface area (Å²) in [6, 6.07) is 3.75. The third-order valence-electron chi connectivity index (χ3n) is 2.09. The molecule has 0 atom stereocenters. The van der Waals surface area contributed by atoms with Gasteiger partial charge >= 0.3 is 0 Å². The van der Waals surface area contributed by atoms with Gasteiger partial charge < -0.3 is 9.94 Å². The van der Waals surface area contributed by atoms with Gasteiger partial charge in [-0.3, -0.25) is 0 Å². The Morgan fingerprint density at radius 1 is 1.33 bits per heavy atom. The number of aromatic hydroxyl groups is 1. The van der Waals surface area contributed by atoms with E-state index in [2.05, 4.69) is 5.16 Å². The van der Waals surface area contributed by atoms with Crippen LogP contribution in [0, 0.1) is 13.8 Å². The lowest BCUT2D eigenvalue weighted by atomic mass is 10.1. The first-order valence-corrected chi connectivity index (χ1v) is 5.10. The van der Waals surface area contributed by atoms with E-state index in [4.69, 9.17) is 4.84 Å². The molecule has 0 heterocycles. The minimum Gasteiger partial charge on any atom is -0.507 e. The number of nitrogens with zero attached hydrogens (tertiary/aromatic N) is 1. The van der Waals surface area contributed by atoms with Crippen molar-refractivity contribution in [2.24, 2.45) is 5.16 Å². The molecule has 1 aromatic rings. The molecule has 0 saturated carbocycles. The molecule has 0 amide bonds. The highest BCUT2D eigenvalue weighted by atomic mass is 16.6. The average molecular weight is 207 g/mol. The average Bonchev–Trinajstić information content (AvgIpc) is 2.21. The van der Waals surface area contributed by atoms with Crippen LogP contribution in [0.3, 0.4) is 0 Å². The van der Waals surface area contributed by atoms with Crippen molar-refractivity contribution < 1.29 is 9.94 Å². The molecule has 0 aliphatic carbocycles. The first-order chi connectivity index (χ1) is 7.15. The monoisotopic (exact) mass is 207 g/mol. The lowest BCUT2D eigenvalue weighted by Crippen LogP contribution is -1.89. The van der Waals surface area contributed by atoms with Gasteiger partial charge in [0.1, 0.15) is 12.4 Å². The first kappa shape index (κ1) is 11.6. The van der Waals surface area contributed by atoms with Crippen LogP contribution >= 0.6 is 0 Å². The molecule has 0 unspecified atom stereocenters. The first-order valence-electron chi connectivity index (χ1n) is 5.10. The largest absolute Gasteiger partial charge is 0.507 e. The third-order valence-corrected chi connectivity index (χ3v) is 2.09. The summed E-state index contributed by atoms with van der Waals surface area (Å²) in [6.07, 6.45) is 2.61. The van der Waals surface area contributed by atoms with Crippen molar-refractivity contribution in [1.29, 1.82) is 0 Å². The molecule has 15 heavy (non-hydrogen) atoms. The van der Waals surface area contributed by atoms with Crippen LogP contribution in [0.4, 0.5) is 0 Å². The second kappa shape index (κ2) is 5.39. The molecular weight excluding hydrogens is 190 g/mol. The topological polar surface area (TPSA) is 41.8 Å². The molecule has 0 spiro atoms. The Morgan fingerprint density at radius 3 is 2.47 bits per heavy atom. The molecule has 0 fully saturated rings. The smallest absolute Gasteiger partial charge is 0.121 e. The molecule has 1 aromatic carbocycles. The van der Waals surface area contributed by atoms with E-state index in [1.165, 1.54) is 0 Å². The van der Waals surface area contributed by atoms with Gasteiger partial charge in [0.15, 0.2) is 0 Å². The van der Waals surface area contributed by atoms with Gasteiger partial charge in [-0.05, 0) is 49.1 Å². The normalized spacial score (nSPS) is 10.9. The molecule has 0 aliphatic rings. The van der Waals surface area contributed by atoms with Crippen LogP contribution in [0.15, 0.2) is 17.3 Å². The van der Waals surface area contributed by atoms with E-state index in [-0.39, 0.29) is 0 Å². The van der Waals surface area contributed by atoms with Crippen LogP contribution in [0.1, 0.15) is 30.0 Å². The molecule has 3 nitrogen and oxygen atoms in total. The van der Waals surface area contributed by atoms with E-state index in [0.717, 1.165) is 23.1 Å². The molecule has 0 saturated heterocycles. The molecule has 0 aromatic heterocycles. The van der Waals surface area contributed by atoms with Crippen LogP contribution in [-0.2, 0) is 4.84 Å². The fourth-order valence-electron chi connectivity index (χ4n) is 1.31. The number of hydrogen-bond acceptors (Lipinski definition) is 3. The van der Waals surface area contributed by atoms with Crippen LogP contribution in [-0.4, -0.2) is 17.9 Å². The molecule has 82 valence electrons. The second-order valence-corrected chi connectivity index (χ2v) is 3.57. The van der Waals surface area contributed by atoms with E-state index in [1.807, 2.05) is 32.9 Å². The van der Waals surface area contributed by atoms with Crippen molar-refractivity contribution in [2.75, 3.05) is 6.61 Å². The highest BCUT2D eigenvalue weighted by Gasteiger charge is 2.01. The van der Waals surface area contributed by atoms with Crippen molar-refractivity contribution in [1.82, 2.24) is 0 Å². The summed E-state index contributed by atoms with van der Waals surface area (Å²) in [6.45, 7) is 6.40. The Kier molecular flexibility index (Phi) is 4.16. The number of oxime groups is 1. The lowest BCUT2D eigenvalue weighted by Gasteiger charge is -2.04. The molecule has 1 N–H and O–H groups in total. The molecule has 0 aliphatic heterocycles. The number of hydrogen-bond donors (Lipinski definition) is 1. The van der Waals surface area contributed by atoms with Crippen molar-refractivity contribution in [3.05, 3.63) is 28.8 Å². The van der Waals surface area contributed by atoms with Crippen molar-refractivity contribution in [3.8, 4) is 5.75 Å². The summed E-state index contributed by atoms with van der Waals surface area (Å²) in [4.78, 5) is 5.00. The van der Waals surface area contributed by atoms with Gasteiger partial charge in [0.05, 0.1) is 6.21 Å². The van der Waals surface area contributed by atoms with Gasteiger partial charge in [-0.2, -0.15) is 0 Å². The zero-order chi connectivity index (χ0) is 11.3. The summed E-state index contributed by atoms with van der Waals surface area (Å²) in [5.74, 6) is 0.349. The van der Waals surface area contributed by atoms with E-state index in [1.54, 1.807) is 6.21 Å². The summed E-state index contributed by atoms with van der Waals surface area (Å²) >= 11 is 0. The number of aryl methyl sites for hydroxylation is 2. The lowest BCUT2D eigenvalue weighted by molar-refractivity contribution is 0.146. The van der Waals surface area contributed by atoms with Gasteiger partial charge in [-0.1, -0.05) is 12.1 Å². The standard InChI is InChI=1S/C12H17NO2/c1-4-5-15-13-8-11-6-9(2)12(14)10(3)7-11/h6-8,14H,4-5H2,1-3H3/b13-8+. The van der Waals surface area contributed by atoms with E-state index in [9.17, 15) is 5.11 Å². The van der Waals surface area contributed by atoms with Crippen molar-refractivity contribution in [2.45, 2.75) is 27.2 Å². The molecular formula is C12H17NO2. The highest BCUT2D eigenvalue weighted by Crippen LogP contribution is 2.21. The molecule has 0 bridgehead atoms. The van der Waals surface area contributed by atoms with E-state index >= 15 is 0 Å². The second-order valence-electron chi connectivity index (χ2n) is 3.57. The van der Waals surface area contributed by atoms with E-state index < -0.39 is 0 Å². The Bertz CT molecular complexity index is 336. The Balaban J connectivity index is 2.74. The quantitative estimate of drug-likeness (QED) is 0.468. The van der Waals surface area contributed by atoms with Crippen LogP contribution in [0.5, 0.6) is 5.75 Å². The zero-order valence-electron chi connectivity index (χ0n) is 9.45. The van der Waals surface area contributed by atoms with Gasteiger partial charge in [-0.15, -0.1) is 0 Å². The predicted octanol–water partition coefficient (Wildman–Crippen LogP) is 2.77. The fraction of sp³-hybridized carbons (Fsp3) is 0.417. The maximum absolute atomic E-state index is 9.56. The summed E-state index contributed by atoms with van der Waals surface area (Å²) in [5.41, 5.74) is 2.65. The third kappa shape index (κ3) is 3.27. The SMILES string of the molecule is CCCO/N=C/c1cc(C)c(O)c(C)c1. The summed E-state index contributed by atoms with van der Waals surface area (Å²) in [7, 11) is 0. The Labute approximate surface area is 90.4 Å². The van der Waals surface area contributed by atoms with Gasteiger partial charge in [0, 0.05) is 0 Å². The van der Waals surface area contributed by atoms with Gasteiger partial charge in [-0.25, -0.2) is 0 Å². The Hall–Kier alpha value is -1.51. The predicted molar refractivity (Wildman–Crippen MR) is 61.4 cm³/mol. The maximum atomic E-state index is 9.56. The van der Waals surface area contributed by atoms with E-state index in [0.29, 0.717) is 12.4 Å². The van der Waals surface area contributed by atoms with Gasteiger partial charge in [0.25, 0.3) is 0 Å². The van der Waals surface area contributed by atoms with Crippen LogP contribution in [0.2, 0.25) is 0 Å². The van der Waals surface area contributed by atoms with Crippen molar-refractivity contribution >= 4 is 6.21 Å². The zero-order valence-corrected chi connectivity index (χ0v) is 9.45. The van der Waals surface area contributed by atoms with Gasteiger partial charge in [0.2, 0.25) is 0 Å².